The van der Waals surface area contributed by atoms with E-state index in [9.17, 15) is 14.4 Å². The van der Waals surface area contributed by atoms with Crippen LogP contribution < -0.4 is 0 Å². The molecule has 0 radical (unpaired) electrons. The summed E-state index contributed by atoms with van der Waals surface area (Å²) in [7, 11) is 0. The van der Waals surface area contributed by atoms with Gasteiger partial charge < -0.3 is 14.2 Å². The zero-order valence-corrected chi connectivity index (χ0v) is 22.7. The smallest absolute Gasteiger partial charge is 0.410 e. The van der Waals surface area contributed by atoms with Gasteiger partial charge in [0.15, 0.2) is 0 Å². The number of hydrogen-bond donors (Lipinski definition) is 0. The largest absolute Gasteiger partial charge is 0.460 e. The summed E-state index contributed by atoms with van der Waals surface area (Å²) in [6.45, 7) is 5.52. The van der Waals surface area contributed by atoms with Crippen molar-refractivity contribution in [3.05, 3.63) is 95.6 Å². The lowest BCUT2D eigenvalue weighted by molar-refractivity contribution is -0.154. The maximum atomic E-state index is 13.2. The van der Waals surface area contributed by atoms with E-state index in [1.807, 2.05) is 66.7 Å². The van der Waals surface area contributed by atoms with Crippen molar-refractivity contribution in [2.24, 2.45) is 0 Å². The lowest BCUT2D eigenvalue weighted by Gasteiger charge is -2.23. The number of nitrogens with zero attached hydrogens (tertiary/aromatic N) is 1. The van der Waals surface area contributed by atoms with Gasteiger partial charge in [-0.25, -0.2) is 4.79 Å². The fourth-order valence-corrected chi connectivity index (χ4v) is 4.67. The molecule has 1 amide bonds. The number of carbonyl (C=O) groups is 3. The molecule has 0 unspecified atom stereocenters. The van der Waals surface area contributed by atoms with Gasteiger partial charge in [0.2, 0.25) is 0 Å². The van der Waals surface area contributed by atoms with E-state index in [4.69, 9.17) is 14.2 Å². The first-order valence-corrected chi connectivity index (χ1v) is 13.2. The molecule has 0 saturated heterocycles. The highest BCUT2D eigenvalue weighted by molar-refractivity contribution is 5.80. The minimum atomic E-state index is -0.627. The first-order chi connectivity index (χ1) is 18.7. The van der Waals surface area contributed by atoms with Gasteiger partial charge in [-0.1, -0.05) is 78.9 Å². The van der Waals surface area contributed by atoms with E-state index in [0.717, 1.165) is 27.8 Å². The average molecular weight is 530 g/mol. The fourth-order valence-electron chi connectivity index (χ4n) is 4.67. The summed E-state index contributed by atoms with van der Waals surface area (Å²) in [6.07, 6.45) is -0.188. The Hall–Kier alpha value is -4.13. The van der Waals surface area contributed by atoms with E-state index in [2.05, 4.69) is 12.1 Å². The third kappa shape index (κ3) is 7.69. The van der Waals surface area contributed by atoms with Gasteiger partial charge in [-0.15, -0.1) is 0 Å². The van der Waals surface area contributed by atoms with Crippen LogP contribution in [0, 0.1) is 0 Å². The number of ether oxygens (including phenoxy) is 3. The zero-order valence-electron chi connectivity index (χ0n) is 22.7. The van der Waals surface area contributed by atoms with E-state index in [0.29, 0.717) is 6.42 Å². The van der Waals surface area contributed by atoms with Gasteiger partial charge in [-0.3, -0.25) is 14.5 Å². The van der Waals surface area contributed by atoms with Crippen LogP contribution in [0.2, 0.25) is 0 Å². The van der Waals surface area contributed by atoms with Gasteiger partial charge in [0.1, 0.15) is 25.4 Å². The molecule has 1 aliphatic rings. The number of hydrogen-bond acceptors (Lipinski definition) is 6. The number of benzene rings is 3. The quantitative estimate of drug-likeness (QED) is 0.233. The van der Waals surface area contributed by atoms with Crippen LogP contribution in [0.25, 0.3) is 11.1 Å². The summed E-state index contributed by atoms with van der Waals surface area (Å²) in [5, 5.41) is 0. The molecule has 0 saturated carbocycles. The van der Waals surface area contributed by atoms with Crippen molar-refractivity contribution in [2.75, 3.05) is 19.7 Å². The molecule has 3 aromatic rings. The van der Waals surface area contributed by atoms with E-state index >= 15 is 0 Å². The molecular formula is C32H35NO6. The molecule has 0 heterocycles. The average Bonchev–Trinajstić information content (AvgIpc) is 3.23. The Morgan fingerprint density at radius 1 is 0.769 bits per heavy atom. The van der Waals surface area contributed by atoms with Crippen LogP contribution in [0.3, 0.4) is 0 Å². The predicted octanol–water partition coefficient (Wildman–Crippen LogP) is 6.10. The van der Waals surface area contributed by atoms with Crippen molar-refractivity contribution in [3.63, 3.8) is 0 Å². The number of fused-ring (bicyclic) bond motifs is 3. The van der Waals surface area contributed by atoms with Crippen LogP contribution in [-0.2, 0) is 30.4 Å². The van der Waals surface area contributed by atoms with Crippen LogP contribution in [0.4, 0.5) is 4.79 Å². The highest BCUT2D eigenvalue weighted by atomic mass is 16.6. The summed E-state index contributed by atoms with van der Waals surface area (Å²) >= 11 is 0. The summed E-state index contributed by atoms with van der Waals surface area (Å²) < 4.78 is 16.5. The maximum Gasteiger partial charge on any atom is 0.410 e. The fraction of sp³-hybridized carbons (Fsp3) is 0.344. The Kier molecular flexibility index (Phi) is 9.02. The van der Waals surface area contributed by atoms with Crippen molar-refractivity contribution in [2.45, 2.75) is 51.7 Å². The normalized spacial score (nSPS) is 12.3. The highest BCUT2D eigenvalue weighted by Gasteiger charge is 2.30. The van der Waals surface area contributed by atoms with Gasteiger partial charge in [0.25, 0.3) is 0 Å². The summed E-state index contributed by atoms with van der Waals surface area (Å²) in [6, 6.07) is 25.5. The zero-order chi connectivity index (χ0) is 27.8. The minimum Gasteiger partial charge on any atom is -0.460 e. The molecule has 0 bridgehead atoms. The topological polar surface area (TPSA) is 82.1 Å². The predicted molar refractivity (Wildman–Crippen MR) is 148 cm³/mol. The third-order valence-electron chi connectivity index (χ3n) is 6.39. The molecule has 1 aliphatic carbocycles. The Labute approximate surface area is 229 Å². The van der Waals surface area contributed by atoms with Crippen molar-refractivity contribution in [3.8, 4) is 11.1 Å². The van der Waals surface area contributed by atoms with Crippen LogP contribution in [0.15, 0.2) is 78.9 Å². The van der Waals surface area contributed by atoms with Gasteiger partial charge in [-0.05, 0) is 55.0 Å². The lowest BCUT2D eigenvalue weighted by atomic mass is 9.98. The Balaban J connectivity index is 1.40. The van der Waals surface area contributed by atoms with Gasteiger partial charge >= 0.3 is 18.0 Å². The van der Waals surface area contributed by atoms with Gasteiger partial charge in [0.05, 0.1) is 0 Å². The van der Waals surface area contributed by atoms with Crippen molar-refractivity contribution in [1.82, 2.24) is 4.90 Å². The van der Waals surface area contributed by atoms with Gasteiger partial charge in [-0.2, -0.15) is 0 Å². The van der Waals surface area contributed by atoms with Crippen molar-refractivity contribution < 1.29 is 28.6 Å². The number of carbonyl (C=O) groups excluding carboxylic acids is 3. The highest BCUT2D eigenvalue weighted by Crippen LogP contribution is 2.44. The second-order valence-corrected chi connectivity index (χ2v) is 10.6. The molecule has 204 valence electrons. The molecule has 0 spiro atoms. The number of amides is 1. The Bertz CT molecular complexity index is 1250. The maximum absolute atomic E-state index is 13.2. The first kappa shape index (κ1) is 27.9. The van der Waals surface area contributed by atoms with E-state index in [1.54, 1.807) is 20.8 Å². The molecule has 0 aromatic heterocycles. The third-order valence-corrected chi connectivity index (χ3v) is 6.39. The summed E-state index contributed by atoms with van der Waals surface area (Å²) in [5.41, 5.74) is 4.73. The Morgan fingerprint density at radius 3 is 1.97 bits per heavy atom. The second kappa shape index (κ2) is 12.6. The lowest BCUT2D eigenvalue weighted by Crippen LogP contribution is -2.38. The molecule has 0 aliphatic heterocycles. The second-order valence-electron chi connectivity index (χ2n) is 10.6. The molecular weight excluding hydrogens is 494 g/mol. The van der Waals surface area contributed by atoms with Crippen molar-refractivity contribution >= 4 is 18.0 Å². The molecule has 4 rings (SSSR count). The standard InChI is InChI=1S/C32H35NO6/c1-32(2,3)39-29(34)18-11-19-33(20-30(35)37-21-23-12-5-4-6-13-23)31(36)38-22-28-26-16-9-7-14-24(26)25-15-8-10-17-27(25)28/h4-10,12-17,28H,11,18-22H2,1-3H3. The number of rotatable bonds is 10. The SMILES string of the molecule is CC(C)(C)OC(=O)CCCN(CC(=O)OCc1ccccc1)C(=O)OCC1c2ccccc2-c2ccccc21. The summed E-state index contributed by atoms with van der Waals surface area (Å²) in [5.74, 6) is -1.01. The Morgan fingerprint density at radius 2 is 1.36 bits per heavy atom. The van der Waals surface area contributed by atoms with E-state index in [-0.39, 0.29) is 44.6 Å². The molecule has 39 heavy (non-hydrogen) atoms. The number of esters is 2. The summed E-state index contributed by atoms with van der Waals surface area (Å²) in [4.78, 5) is 39.3. The van der Waals surface area contributed by atoms with E-state index in [1.165, 1.54) is 4.90 Å². The van der Waals surface area contributed by atoms with Gasteiger partial charge in [0, 0.05) is 18.9 Å². The van der Waals surface area contributed by atoms with Crippen LogP contribution in [0.5, 0.6) is 0 Å². The molecule has 0 fully saturated rings. The molecule has 3 aromatic carbocycles. The van der Waals surface area contributed by atoms with E-state index < -0.39 is 17.7 Å². The molecule has 7 nitrogen and oxygen atoms in total. The monoisotopic (exact) mass is 529 g/mol. The molecule has 0 atom stereocenters. The van der Waals surface area contributed by atoms with Crippen LogP contribution in [-0.4, -0.2) is 48.2 Å². The van der Waals surface area contributed by atoms with Crippen molar-refractivity contribution in [1.29, 1.82) is 0 Å². The van der Waals surface area contributed by atoms with Crippen LogP contribution in [0.1, 0.15) is 56.2 Å². The molecule has 0 N–H and O–H groups in total. The molecule has 7 heteroatoms. The van der Waals surface area contributed by atoms with Crippen LogP contribution >= 0.6 is 0 Å². The first-order valence-electron chi connectivity index (χ1n) is 13.2. The minimum absolute atomic E-state index is 0.102.